The SMILES string of the molecule is NCC1(c2ccc(O)cc2C(F)(F)F)CCCC1. The van der Waals surface area contributed by atoms with Crippen LogP contribution in [-0.4, -0.2) is 11.7 Å². The summed E-state index contributed by atoms with van der Waals surface area (Å²) in [7, 11) is 0. The predicted octanol–water partition coefficient (Wildman–Crippen LogP) is 3.18. The third-order valence-corrected chi connectivity index (χ3v) is 3.83. The van der Waals surface area contributed by atoms with Gasteiger partial charge in [-0.1, -0.05) is 18.9 Å². The van der Waals surface area contributed by atoms with E-state index in [-0.39, 0.29) is 17.9 Å². The van der Waals surface area contributed by atoms with E-state index in [2.05, 4.69) is 0 Å². The van der Waals surface area contributed by atoms with Gasteiger partial charge in [0.05, 0.1) is 5.56 Å². The summed E-state index contributed by atoms with van der Waals surface area (Å²) in [6.45, 7) is 0.209. The first-order valence-electron chi connectivity index (χ1n) is 6.00. The number of aromatic hydroxyl groups is 1. The van der Waals surface area contributed by atoms with Gasteiger partial charge >= 0.3 is 6.18 Å². The van der Waals surface area contributed by atoms with Crippen LogP contribution in [0.2, 0.25) is 0 Å². The zero-order valence-corrected chi connectivity index (χ0v) is 9.93. The Morgan fingerprint density at radius 3 is 2.33 bits per heavy atom. The van der Waals surface area contributed by atoms with E-state index in [0.29, 0.717) is 12.8 Å². The molecule has 0 unspecified atom stereocenters. The fraction of sp³-hybridized carbons (Fsp3) is 0.538. The van der Waals surface area contributed by atoms with Gasteiger partial charge in [-0.2, -0.15) is 13.2 Å². The lowest BCUT2D eigenvalue weighted by Crippen LogP contribution is -2.34. The Bertz CT molecular complexity index is 436. The fourth-order valence-corrected chi connectivity index (χ4v) is 2.86. The van der Waals surface area contributed by atoms with E-state index in [9.17, 15) is 18.3 Å². The van der Waals surface area contributed by atoms with Crippen molar-refractivity contribution in [2.45, 2.75) is 37.3 Å². The summed E-state index contributed by atoms with van der Waals surface area (Å²) in [6.07, 6.45) is -1.31. The van der Waals surface area contributed by atoms with E-state index < -0.39 is 17.2 Å². The summed E-state index contributed by atoms with van der Waals surface area (Å²) >= 11 is 0. The van der Waals surface area contributed by atoms with E-state index >= 15 is 0 Å². The smallest absolute Gasteiger partial charge is 0.416 e. The molecule has 18 heavy (non-hydrogen) atoms. The summed E-state index contributed by atoms with van der Waals surface area (Å²) < 4.78 is 39.1. The van der Waals surface area contributed by atoms with Crippen molar-refractivity contribution in [1.29, 1.82) is 0 Å². The second kappa shape index (κ2) is 4.46. The van der Waals surface area contributed by atoms with Crippen LogP contribution in [-0.2, 0) is 11.6 Å². The molecule has 100 valence electrons. The van der Waals surface area contributed by atoms with Crippen molar-refractivity contribution in [3.63, 3.8) is 0 Å². The summed E-state index contributed by atoms with van der Waals surface area (Å²) in [6, 6.07) is 3.47. The molecule has 0 heterocycles. The molecule has 0 amide bonds. The van der Waals surface area contributed by atoms with E-state index in [1.54, 1.807) is 0 Å². The quantitative estimate of drug-likeness (QED) is 0.856. The Labute approximate surface area is 104 Å². The van der Waals surface area contributed by atoms with Crippen molar-refractivity contribution >= 4 is 0 Å². The standard InChI is InChI=1S/C13H16F3NO/c14-13(15,16)11-7-9(18)3-4-10(11)12(8-17)5-1-2-6-12/h3-4,7,18H,1-2,5-6,8,17H2. The molecule has 1 aromatic rings. The molecule has 1 fully saturated rings. The van der Waals surface area contributed by atoms with E-state index in [1.807, 2.05) is 0 Å². The van der Waals surface area contributed by atoms with Gasteiger partial charge < -0.3 is 10.8 Å². The minimum atomic E-state index is -4.46. The van der Waals surface area contributed by atoms with Crippen molar-refractivity contribution in [3.05, 3.63) is 29.3 Å². The Balaban J connectivity index is 2.56. The average Bonchev–Trinajstić information content (AvgIpc) is 2.77. The molecule has 5 heteroatoms. The molecule has 2 rings (SSSR count). The Morgan fingerprint density at radius 1 is 1.22 bits per heavy atom. The largest absolute Gasteiger partial charge is 0.508 e. The molecule has 3 N–H and O–H groups in total. The summed E-state index contributed by atoms with van der Waals surface area (Å²) in [5.41, 5.74) is 4.61. The number of halogens is 3. The first-order valence-corrected chi connectivity index (χ1v) is 6.00. The second-order valence-corrected chi connectivity index (χ2v) is 4.92. The molecule has 0 atom stereocenters. The number of phenols is 1. The minimum Gasteiger partial charge on any atom is -0.508 e. The summed E-state index contributed by atoms with van der Waals surface area (Å²) in [4.78, 5) is 0. The number of rotatable bonds is 2. The van der Waals surface area contributed by atoms with E-state index in [0.717, 1.165) is 18.9 Å². The maximum absolute atomic E-state index is 13.0. The Hall–Kier alpha value is -1.23. The topological polar surface area (TPSA) is 46.2 Å². The van der Waals surface area contributed by atoms with Gasteiger partial charge in [-0.3, -0.25) is 0 Å². The van der Waals surface area contributed by atoms with Crippen LogP contribution in [0.3, 0.4) is 0 Å². The maximum atomic E-state index is 13.0. The van der Waals surface area contributed by atoms with Gasteiger partial charge in [-0.05, 0) is 30.5 Å². The third-order valence-electron chi connectivity index (χ3n) is 3.83. The molecule has 0 saturated heterocycles. The molecular formula is C13H16F3NO. The number of alkyl halides is 3. The summed E-state index contributed by atoms with van der Waals surface area (Å²) in [5.74, 6) is -0.365. The van der Waals surface area contributed by atoms with Crippen molar-refractivity contribution in [2.24, 2.45) is 5.73 Å². The predicted molar refractivity (Wildman–Crippen MR) is 62.3 cm³/mol. The van der Waals surface area contributed by atoms with Crippen LogP contribution in [0.25, 0.3) is 0 Å². The third kappa shape index (κ3) is 2.19. The van der Waals surface area contributed by atoms with Crippen LogP contribution >= 0.6 is 0 Å². The lowest BCUT2D eigenvalue weighted by Gasteiger charge is -2.30. The molecule has 1 saturated carbocycles. The van der Waals surface area contributed by atoms with Gasteiger partial charge in [0.1, 0.15) is 5.75 Å². The molecule has 2 nitrogen and oxygen atoms in total. The van der Waals surface area contributed by atoms with Gasteiger partial charge in [0, 0.05) is 12.0 Å². The van der Waals surface area contributed by atoms with Crippen molar-refractivity contribution in [3.8, 4) is 5.75 Å². The molecular weight excluding hydrogens is 243 g/mol. The number of hydrogen-bond donors (Lipinski definition) is 2. The molecule has 0 spiro atoms. The molecule has 1 aliphatic carbocycles. The zero-order chi connectivity index (χ0) is 13.4. The van der Waals surface area contributed by atoms with Gasteiger partial charge in [0.2, 0.25) is 0 Å². The molecule has 1 aromatic carbocycles. The van der Waals surface area contributed by atoms with Gasteiger partial charge in [-0.15, -0.1) is 0 Å². The van der Waals surface area contributed by atoms with Gasteiger partial charge in [0.25, 0.3) is 0 Å². The lowest BCUT2D eigenvalue weighted by molar-refractivity contribution is -0.138. The first-order chi connectivity index (χ1) is 8.39. The first kappa shape index (κ1) is 13.2. The van der Waals surface area contributed by atoms with Crippen LogP contribution in [0.4, 0.5) is 13.2 Å². The molecule has 0 bridgehead atoms. The van der Waals surface area contributed by atoms with Crippen molar-refractivity contribution < 1.29 is 18.3 Å². The van der Waals surface area contributed by atoms with Crippen LogP contribution in [0.1, 0.15) is 36.8 Å². The van der Waals surface area contributed by atoms with Crippen LogP contribution in [0.15, 0.2) is 18.2 Å². The molecule has 1 aliphatic rings. The van der Waals surface area contributed by atoms with Crippen molar-refractivity contribution in [1.82, 2.24) is 0 Å². The van der Waals surface area contributed by atoms with Crippen LogP contribution in [0, 0.1) is 0 Å². The van der Waals surface area contributed by atoms with E-state index in [4.69, 9.17) is 5.73 Å². The Kier molecular flexibility index (Phi) is 3.27. The number of hydrogen-bond acceptors (Lipinski definition) is 2. The Morgan fingerprint density at radius 2 is 1.83 bits per heavy atom. The van der Waals surface area contributed by atoms with Crippen LogP contribution in [0.5, 0.6) is 5.75 Å². The van der Waals surface area contributed by atoms with Gasteiger partial charge in [-0.25, -0.2) is 0 Å². The summed E-state index contributed by atoms with van der Waals surface area (Å²) in [5, 5.41) is 9.27. The lowest BCUT2D eigenvalue weighted by atomic mass is 9.76. The second-order valence-electron chi connectivity index (χ2n) is 4.92. The normalized spacial score (nSPS) is 19.1. The van der Waals surface area contributed by atoms with Crippen LogP contribution < -0.4 is 5.73 Å². The number of phenolic OH excluding ortho intramolecular Hbond substituents is 1. The zero-order valence-electron chi connectivity index (χ0n) is 9.93. The van der Waals surface area contributed by atoms with Crippen molar-refractivity contribution in [2.75, 3.05) is 6.54 Å². The highest BCUT2D eigenvalue weighted by Crippen LogP contribution is 2.46. The monoisotopic (exact) mass is 259 g/mol. The highest BCUT2D eigenvalue weighted by molar-refractivity contribution is 5.42. The molecule has 0 radical (unpaired) electrons. The number of nitrogens with two attached hydrogens (primary N) is 1. The highest BCUT2D eigenvalue weighted by Gasteiger charge is 2.42. The molecule has 0 aromatic heterocycles. The average molecular weight is 259 g/mol. The fourth-order valence-electron chi connectivity index (χ4n) is 2.86. The van der Waals surface area contributed by atoms with Gasteiger partial charge in [0.15, 0.2) is 0 Å². The highest BCUT2D eigenvalue weighted by atomic mass is 19.4. The maximum Gasteiger partial charge on any atom is 0.416 e. The molecule has 0 aliphatic heterocycles. The van der Waals surface area contributed by atoms with E-state index in [1.165, 1.54) is 12.1 Å². The minimum absolute atomic E-state index is 0.209. The number of benzene rings is 1.